The molecule has 6 heteroatoms. The number of benzene rings is 1. The largest absolute Gasteiger partial charge is 0.462 e. The number of anilines is 2. The summed E-state index contributed by atoms with van der Waals surface area (Å²) in [7, 11) is 1.52. The molecule has 1 aromatic carbocycles. The molecule has 0 atom stereocenters. The van der Waals surface area contributed by atoms with Crippen LogP contribution in [0.4, 0.5) is 20.2 Å². The molecular formula is C12H16F2N2O2. The topological polar surface area (TPSA) is 55.6 Å². The van der Waals surface area contributed by atoms with Crippen LogP contribution in [0.2, 0.25) is 0 Å². The van der Waals surface area contributed by atoms with E-state index >= 15 is 0 Å². The van der Waals surface area contributed by atoms with E-state index in [4.69, 9.17) is 10.5 Å². The van der Waals surface area contributed by atoms with Crippen LogP contribution < -0.4 is 10.6 Å². The maximum atomic E-state index is 12.3. The number of nitrogen functional groups attached to an aromatic ring is 1. The van der Waals surface area contributed by atoms with Crippen molar-refractivity contribution in [1.82, 2.24) is 0 Å². The Balaban J connectivity index is 2.88. The molecule has 0 amide bonds. The second-order valence-corrected chi connectivity index (χ2v) is 3.77. The molecule has 0 saturated heterocycles. The number of ether oxygens (including phenoxy) is 1. The van der Waals surface area contributed by atoms with E-state index in [0.29, 0.717) is 11.3 Å². The van der Waals surface area contributed by atoms with Gasteiger partial charge in [0.1, 0.15) is 0 Å². The molecule has 0 spiro atoms. The number of carbonyl (C=O) groups is 1. The van der Waals surface area contributed by atoms with Gasteiger partial charge in [-0.2, -0.15) is 0 Å². The third kappa shape index (κ3) is 3.58. The van der Waals surface area contributed by atoms with Crippen LogP contribution in [0.25, 0.3) is 0 Å². The van der Waals surface area contributed by atoms with Gasteiger partial charge in [-0.15, -0.1) is 0 Å². The summed E-state index contributed by atoms with van der Waals surface area (Å²) in [5, 5.41) is 0. The van der Waals surface area contributed by atoms with Crippen molar-refractivity contribution in [3.8, 4) is 0 Å². The zero-order valence-electron chi connectivity index (χ0n) is 10.3. The quantitative estimate of drug-likeness (QED) is 0.649. The lowest BCUT2D eigenvalue weighted by Gasteiger charge is -2.20. The van der Waals surface area contributed by atoms with Gasteiger partial charge >= 0.3 is 5.97 Å². The van der Waals surface area contributed by atoms with Crippen LogP contribution in [-0.2, 0) is 4.74 Å². The van der Waals surface area contributed by atoms with Crippen LogP contribution in [-0.4, -0.2) is 32.6 Å². The molecule has 0 heterocycles. The average molecular weight is 258 g/mol. The van der Waals surface area contributed by atoms with Crippen LogP contribution in [0.5, 0.6) is 0 Å². The van der Waals surface area contributed by atoms with E-state index in [9.17, 15) is 13.6 Å². The Morgan fingerprint density at radius 1 is 1.50 bits per heavy atom. The number of halogens is 2. The van der Waals surface area contributed by atoms with Crippen molar-refractivity contribution >= 4 is 17.3 Å². The number of nitrogens with zero attached hydrogens (tertiary/aromatic N) is 1. The zero-order valence-corrected chi connectivity index (χ0v) is 10.3. The van der Waals surface area contributed by atoms with E-state index in [0.717, 1.165) is 0 Å². The fraction of sp³-hybridized carbons (Fsp3) is 0.417. The van der Waals surface area contributed by atoms with Crippen LogP contribution >= 0.6 is 0 Å². The van der Waals surface area contributed by atoms with Gasteiger partial charge in [0.2, 0.25) is 0 Å². The molecule has 0 radical (unpaired) electrons. The fourth-order valence-corrected chi connectivity index (χ4v) is 1.55. The highest BCUT2D eigenvalue weighted by Gasteiger charge is 2.13. The molecule has 18 heavy (non-hydrogen) atoms. The second kappa shape index (κ2) is 6.18. The Bertz CT molecular complexity index is 425. The molecule has 0 aromatic heterocycles. The predicted molar refractivity (Wildman–Crippen MR) is 66.1 cm³/mol. The third-order valence-electron chi connectivity index (χ3n) is 2.36. The number of rotatable bonds is 5. The lowest BCUT2D eigenvalue weighted by Crippen LogP contribution is -2.25. The molecule has 0 aliphatic rings. The molecule has 0 saturated carbocycles. The van der Waals surface area contributed by atoms with E-state index < -0.39 is 18.9 Å². The Morgan fingerprint density at radius 3 is 2.67 bits per heavy atom. The Morgan fingerprint density at radius 2 is 2.17 bits per heavy atom. The maximum Gasteiger partial charge on any atom is 0.338 e. The average Bonchev–Trinajstić information content (AvgIpc) is 2.28. The van der Waals surface area contributed by atoms with Crippen molar-refractivity contribution < 1.29 is 18.3 Å². The van der Waals surface area contributed by atoms with E-state index in [1.54, 1.807) is 6.92 Å². The predicted octanol–water partition coefficient (Wildman–Crippen LogP) is 2.15. The van der Waals surface area contributed by atoms with Crippen LogP contribution in [0.15, 0.2) is 18.2 Å². The minimum absolute atomic E-state index is 0.267. The van der Waals surface area contributed by atoms with Gasteiger partial charge < -0.3 is 15.4 Å². The monoisotopic (exact) mass is 258 g/mol. The summed E-state index contributed by atoms with van der Waals surface area (Å²) in [6, 6.07) is 4.46. The van der Waals surface area contributed by atoms with Gasteiger partial charge in [0.05, 0.1) is 30.1 Å². The summed E-state index contributed by atoms with van der Waals surface area (Å²) in [5.74, 6) is -0.479. The summed E-state index contributed by atoms with van der Waals surface area (Å²) in [5.41, 5.74) is 6.78. The number of esters is 1. The number of hydrogen-bond donors (Lipinski definition) is 1. The number of nitrogens with two attached hydrogens (primary N) is 1. The SMILES string of the molecule is CCOC(=O)c1ccc(N(C)CC(F)F)c(N)c1. The van der Waals surface area contributed by atoms with E-state index in [1.807, 2.05) is 0 Å². The first kappa shape index (κ1) is 14.2. The number of hydrogen-bond acceptors (Lipinski definition) is 4. The molecule has 0 bridgehead atoms. The molecule has 100 valence electrons. The number of carbonyl (C=O) groups excluding carboxylic acids is 1. The second-order valence-electron chi connectivity index (χ2n) is 3.77. The molecule has 1 aromatic rings. The fourth-order valence-electron chi connectivity index (χ4n) is 1.55. The Hall–Kier alpha value is -1.85. The van der Waals surface area contributed by atoms with Crippen molar-refractivity contribution in [3.63, 3.8) is 0 Å². The van der Waals surface area contributed by atoms with Crippen LogP contribution in [0, 0.1) is 0 Å². The minimum atomic E-state index is -2.45. The first-order valence-electron chi connectivity index (χ1n) is 5.51. The van der Waals surface area contributed by atoms with Gasteiger partial charge in [-0.3, -0.25) is 0 Å². The first-order chi connectivity index (χ1) is 8.45. The standard InChI is InChI=1S/C12H16F2N2O2/c1-3-18-12(17)8-4-5-10(9(15)6-8)16(2)7-11(13)14/h4-6,11H,3,7,15H2,1-2H3. The maximum absolute atomic E-state index is 12.3. The summed E-state index contributed by atoms with van der Waals surface area (Å²) in [6.07, 6.45) is -2.45. The van der Waals surface area contributed by atoms with E-state index in [2.05, 4.69) is 0 Å². The summed E-state index contributed by atoms with van der Waals surface area (Å²) in [4.78, 5) is 12.8. The van der Waals surface area contributed by atoms with Crippen molar-refractivity contribution in [3.05, 3.63) is 23.8 Å². The Labute approximate surface area is 104 Å². The highest BCUT2D eigenvalue weighted by molar-refractivity contribution is 5.92. The molecule has 0 fully saturated rings. The van der Waals surface area contributed by atoms with Gasteiger partial charge in [0.15, 0.2) is 0 Å². The van der Waals surface area contributed by atoms with Crippen molar-refractivity contribution in [2.75, 3.05) is 30.8 Å². The lowest BCUT2D eigenvalue weighted by atomic mass is 10.1. The third-order valence-corrected chi connectivity index (χ3v) is 2.36. The van der Waals surface area contributed by atoms with Crippen molar-refractivity contribution in [2.24, 2.45) is 0 Å². The zero-order chi connectivity index (χ0) is 13.7. The van der Waals surface area contributed by atoms with Crippen LogP contribution in [0.3, 0.4) is 0 Å². The van der Waals surface area contributed by atoms with E-state index in [-0.39, 0.29) is 12.3 Å². The van der Waals surface area contributed by atoms with Crippen molar-refractivity contribution in [2.45, 2.75) is 13.3 Å². The highest BCUT2D eigenvalue weighted by atomic mass is 19.3. The van der Waals surface area contributed by atoms with Crippen LogP contribution in [0.1, 0.15) is 17.3 Å². The van der Waals surface area contributed by atoms with Gasteiger partial charge in [-0.05, 0) is 25.1 Å². The molecule has 2 N–H and O–H groups in total. The van der Waals surface area contributed by atoms with Gasteiger partial charge in [0, 0.05) is 7.05 Å². The van der Waals surface area contributed by atoms with E-state index in [1.165, 1.54) is 30.1 Å². The molecular weight excluding hydrogens is 242 g/mol. The number of alkyl halides is 2. The molecule has 0 aliphatic carbocycles. The Kier molecular flexibility index (Phi) is 4.88. The van der Waals surface area contributed by atoms with Gasteiger partial charge in [-0.25, -0.2) is 13.6 Å². The summed E-state index contributed by atoms with van der Waals surface area (Å²) < 4.78 is 29.3. The smallest absolute Gasteiger partial charge is 0.338 e. The molecule has 0 aliphatic heterocycles. The van der Waals surface area contributed by atoms with Gasteiger partial charge in [0.25, 0.3) is 6.43 Å². The molecule has 0 unspecified atom stereocenters. The summed E-state index contributed by atoms with van der Waals surface area (Å²) in [6.45, 7) is 1.56. The highest BCUT2D eigenvalue weighted by Crippen LogP contribution is 2.24. The first-order valence-corrected chi connectivity index (χ1v) is 5.51. The normalized spacial score (nSPS) is 10.5. The lowest BCUT2D eigenvalue weighted by molar-refractivity contribution is 0.0526. The summed E-state index contributed by atoms with van der Waals surface area (Å²) >= 11 is 0. The minimum Gasteiger partial charge on any atom is -0.462 e. The van der Waals surface area contributed by atoms with Crippen molar-refractivity contribution in [1.29, 1.82) is 0 Å². The van der Waals surface area contributed by atoms with Gasteiger partial charge in [-0.1, -0.05) is 0 Å². The molecule has 1 rings (SSSR count). The molecule has 4 nitrogen and oxygen atoms in total.